The van der Waals surface area contributed by atoms with Crippen LogP contribution in [0, 0.1) is 20.8 Å². The van der Waals surface area contributed by atoms with E-state index in [1.165, 1.54) is 16.5 Å². The van der Waals surface area contributed by atoms with E-state index in [1.807, 2.05) is 26.0 Å². The molecule has 0 bridgehead atoms. The number of nitrogens with one attached hydrogen (secondary N) is 1. The van der Waals surface area contributed by atoms with E-state index < -0.39 is 11.9 Å². The summed E-state index contributed by atoms with van der Waals surface area (Å²) in [6, 6.07) is 7.50. The van der Waals surface area contributed by atoms with E-state index in [1.54, 1.807) is 26.2 Å². The first kappa shape index (κ1) is 20.1. The number of anilines is 1. The number of carbonyl (C=O) groups excluding carboxylic acids is 2. The fraction of sp³-hybridized carbons (Fsp3) is 0.300. The molecule has 0 aliphatic rings. The highest BCUT2D eigenvalue weighted by Gasteiger charge is 2.23. The van der Waals surface area contributed by atoms with Gasteiger partial charge in [-0.2, -0.15) is 10.2 Å². The quantitative estimate of drug-likeness (QED) is 0.642. The van der Waals surface area contributed by atoms with Crippen LogP contribution in [0.3, 0.4) is 0 Å². The zero-order valence-corrected chi connectivity index (χ0v) is 17.0. The van der Waals surface area contributed by atoms with Crippen LogP contribution in [0.5, 0.6) is 5.75 Å². The maximum Gasteiger partial charge on any atom is 0.360 e. The van der Waals surface area contributed by atoms with Gasteiger partial charge < -0.3 is 14.8 Å². The third-order valence-electron chi connectivity index (χ3n) is 4.38. The Kier molecular flexibility index (Phi) is 5.67. The van der Waals surface area contributed by atoms with Crippen LogP contribution in [0.15, 0.2) is 30.5 Å². The molecule has 2 aromatic heterocycles. The molecule has 1 N–H and O–H groups in total. The Morgan fingerprint density at radius 1 is 1.10 bits per heavy atom. The smallest absolute Gasteiger partial charge is 0.360 e. The van der Waals surface area contributed by atoms with Gasteiger partial charge in [-0.1, -0.05) is 6.07 Å². The average Bonchev–Trinajstić information content (AvgIpc) is 3.25. The fourth-order valence-electron chi connectivity index (χ4n) is 2.89. The zero-order valence-electron chi connectivity index (χ0n) is 17.0. The Bertz CT molecular complexity index is 1050. The fourth-order valence-corrected chi connectivity index (χ4v) is 2.89. The number of hydrogen-bond donors (Lipinski definition) is 1. The monoisotopic (exact) mass is 397 g/mol. The van der Waals surface area contributed by atoms with Gasteiger partial charge in [0.1, 0.15) is 5.75 Å². The molecule has 1 aromatic carbocycles. The molecular formula is C20H23N5O4. The Hall–Kier alpha value is -3.62. The van der Waals surface area contributed by atoms with Crippen molar-refractivity contribution in [1.29, 1.82) is 0 Å². The van der Waals surface area contributed by atoms with Crippen LogP contribution in [-0.4, -0.2) is 38.5 Å². The first-order valence-electron chi connectivity index (χ1n) is 8.96. The summed E-state index contributed by atoms with van der Waals surface area (Å²) in [6.45, 7) is 5.90. The van der Waals surface area contributed by atoms with Gasteiger partial charge in [0, 0.05) is 13.2 Å². The molecule has 0 aliphatic carbocycles. The number of amides is 1. The molecule has 3 rings (SSSR count). The maximum absolute atomic E-state index is 12.6. The van der Waals surface area contributed by atoms with E-state index in [9.17, 15) is 9.59 Å². The number of nitrogens with zero attached hydrogens (tertiary/aromatic N) is 4. The van der Waals surface area contributed by atoms with Crippen LogP contribution in [0.1, 0.15) is 37.8 Å². The molecule has 0 saturated heterocycles. The van der Waals surface area contributed by atoms with Crippen molar-refractivity contribution in [3.63, 3.8) is 0 Å². The molecule has 3 aromatic rings. The number of benzene rings is 1. The zero-order chi connectivity index (χ0) is 21.1. The lowest BCUT2D eigenvalue weighted by atomic mass is 10.1. The van der Waals surface area contributed by atoms with Crippen molar-refractivity contribution in [2.45, 2.75) is 27.5 Å². The van der Waals surface area contributed by atoms with Crippen molar-refractivity contribution in [3.05, 3.63) is 58.7 Å². The number of rotatable bonds is 6. The Labute approximate surface area is 168 Å². The summed E-state index contributed by atoms with van der Waals surface area (Å²) in [6.07, 6.45) is 1.65. The van der Waals surface area contributed by atoms with Crippen molar-refractivity contribution in [2.75, 3.05) is 12.4 Å². The van der Waals surface area contributed by atoms with Crippen molar-refractivity contribution < 1.29 is 19.1 Å². The molecule has 0 fully saturated rings. The van der Waals surface area contributed by atoms with Gasteiger partial charge >= 0.3 is 5.97 Å². The van der Waals surface area contributed by atoms with Gasteiger partial charge in [-0.25, -0.2) is 9.48 Å². The van der Waals surface area contributed by atoms with Crippen molar-refractivity contribution in [1.82, 2.24) is 19.6 Å². The summed E-state index contributed by atoms with van der Waals surface area (Å²) in [5.74, 6) is -0.356. The number of esters is 1. The first-order chi connectivity index (χ1) is 13.8. The second-order valence-electron chi connectivity index (χ2n) is 6.72. The second kappa shape index (κ2) is 8.17. The minimum atomic E-state index is -0.628. The second-order valence-corrected chi connectivity index (χ2v) is 6.72. The number of aryl methyl sites for hydroxylation is 3. The Balaban J connectivity index is 1.71. The molecule has 2 heterocycles. The number of ether oxygens (including phenoxy) is 2. The lowest BCUT2D eigenvalue weighted by molar-refractivity contribution is 0.0594. The number of hydrogen-bond acceptors (Lipinski definition) is 6. The Morgan fingerprint density at radius 3 is 2.45 bits per heavy atom. The molecule has 0 atom stereocenters. The minimum absolute atomic E-state index is 0.0402. The van der Waals surface area contributed by atoms with Crippen LogP contribution in [-0.2, 0) is 18.5 Å². The predicted molar refractivity (Wildman–Crippen MR) is 106 cm³/mol. The molecule has 0 aliphatic heterocycles. The normalized spacial score (nSPS) is 10.7. The van der Waals surface area contributed by atoms with Gasteiger partial charge in [0.25, 0.3) is 5.91 Å². The highest BCUT2D eigenvalue weighted by atomic mass is 16.5. The predicted octanol–water partition coefficient (Wildman–Crippen LogP) is 2.62. The molecule has 152 valence electrons. The summed E-state index contributed by atoms with van der Waals surface area (Å²) >= 11 is 0. The molecular weight excluding hydrogens is 374 g/mol. The third kappa shape index (κ3) is 4.45. The SMILES string of the molecule is COC(=O)c1nn(C)c(C)c1NC(=O)c1ccn(COc2cc(C)cc(C)c2)n1. The molecule has 0 spiro atoms. The average molecular weight is 397 g/mol. The molecule has 0 saturated carbocycles. The van der Waals surface area contributed by atoms with Gasteiger partial charge in [-0.05, 0) is 50.1 Å². The van der Waals surface area contributed by atoms with Crippen LogP contribution in [0.2, 0.25) is 0 Å². The summed E-state index contributed by atoms with van der Waals surface area (Å²) in [7, 11) is 2.94. The molecule has 0 unspecified atom stereocenters. The van der Waals surface area contributed by atoms with Gasteiger partial charge in [0.05, 0.1) is 18.5 Å². The largest absolute Gasteiger partial charge is 0.471 e. The standard InChI is InChI=1S/C20H23N5O4/c1-12-8-13(2)10-15(9-12)29-11-25-7-6-16(22-25)19(26)21-17-14(3)24(4)23-18(17)20(27)28-5/h6-10H,11H2,1-5H3,(H,21,26). The maximum atomic E-state index is 12.6. The van der Waals surface area contributed by atoms with Crippen molar-refractivity contribution in [2.24, 2.45) is 7.05 Å². The van der Waals surface area contributed by atoms with Crippen LogP contribution < -0.4 is 10.1 Å². The molecule has 29 heavy (non-hydrogen) atoms. The van der Waals surface area contributed by atoms with E-state index in [2.05, 4.69) is 21.6 Å². The van der Waals surface area contributed by atoms with Crippen LogP contribution in [0.25, 0.3) is 0 Å². The lowest BCUT2D eigenvalue weighted by Gasteiger charge is -2.08. The highest BCUT2D eigenvalue weighted by molar-refractivity contribution is 6.06. The Morgan fingerprint density at radius 2 is 1.79 bits per heavy atom. The van der Waals surface area contributed by atoms with Crippen LogP contribution >= 0.6 is 0 Å². The van der Waals surface area contributed by atoms with Gasteiger partial charge in [-0.15, -0.1) is 0 Å². The summed E-state index contributed by atoms with van der Waals surface area (Å²) < 4.78 is 13.5. The summed E-state index contributed by atoms with van der Waals surface area (Å²) in [4.78, 5) is 24.5. The molecule has 9 heteroatoms. The molecule has 0 radical (unpaired) electrons. The lowest BCUT2D eigenvalue weighted by Crippen LogP contribution is -2.17. The minimum Gasteiger partial charge on any atom is -0.471 e. The number of carbonyl (C=O) groups is 2. The number of methoxy groups -OCH3 is 1. The van der Waals surface area contributed by atoms with Gasteiger partial charge in [0.2, 0.25) is 0 Å². The van der Waals surface area contributed by atoms with Crippen LogP contribution in [0.4, 0.5) is 5.69 Å². The highest BCUT2D eigenvalue weighted by Crippen LogP contribution is 2.21. The van der Waals surface area contributed by atoms with Crippen molar-refractivity contribution in [3.8, 4) is 5.75 Å². The molecule has 1 amide bonds. The van der Waals surface area contributed by atoms with Gasteiger partial charge in [0.15, 0.2) is 18.1 Å². The first-order valence-corrected chi connectivity index (χ1v) is 8.96. The van der Waals surface area contributed by atoms with Crippen molar-refractivity contribution >= 4 is 17.6 Å². The van der Waals surface area contributed by atoms with E-state index in [-0.39, 0.29) is 18.1 Å². The van der Waals surface area contributed by atoms with E-state index in [4.69, 9.17) is 9.47 Å². The summed E-state index contributed by atoms with van der Waals surface area (Å²) in [5, 5.41) is 11.0. The number of aromatic nitrogens is 4. The molecule has 9 nitrogen and oxygen atoms in total. The van der Waals surface area contributed by atoms with E-state index in [0.717, 1.165) is 16.9 Å². The van der Waals surface area contributed by atoms with E-state index >= 15 is 0 Å². The van der Waals surface area contributed by atoms with E-state index in [0.29, 0.717) is 11.4 Å². The third-order valence-corrected chi connectivity index (χ3v) is 4.38. The summed E-state index contributed by atoms with van der Waals surface area (Å²) in [5.41, 5.74) is 3.36. The van der Waals surface area contributed by atoms with Gasteiger partial charge in [-0.3, -0.25) is 9.48 Å². The topological polar surface area (TPSA) is 100 Å².